The van der Waals surface area contributed by atoms with Gasteiger partial charge in [0.1, 0.15) is 6.07 Å². The third kappa shape index (κ3) is 1.64. The van der Waals surface area contributed by atoms with Gasteiger partial charge in [0.05, 0.1) is 7.11 Å². The van der Waals surface area contributed by atoms with Crippen LogP contribution in [0.5, 0.6) is 5.75 Å². The van der Waals surface area contributed by atoms with Gasteiger partial charge in [-0.3, -0.25) is 0 Å². The maximum absolute atomic E-state index is 12.4. The standard InChI is InChI=1S/C9H8F2N2O/c1-5-6(9(10)11)4-13-7(3-12)8(5)14-2/h4,9H,1-2H3. The van der Waals surface area contributed by atoms with E-state index in [0.717, 1.165) is 6.20 Å². The zero-order valence-corrected chi connectivity index (χ0v) is 7.71. The summed E-state index contributed by atoms with van der Waals surface area (Å²) >= 11 is 0. The van der Waals surface area contributed by atoms with Crippen LogP contribution in [0.15, 0.2) is 6.20 Å². The lowest BCUT2D eigenvalue weighted by Crippen LogP contribution is -1.99. The van der Waals surface area contributed by atoms with Crippen molar-refractivity contribution in [3.05, 3.63) is 23.0 Å². The van der Waals surface area contributed by atoms with Gasteiger partial charge in [-0.2, -0.15) is 5.26 Å². The van der Waals surface area contributed by atoms with E-state index in [-0.39, 0.29) is 22.6 Å². The lowest BCUT2D eigenvalue weighted by atomic mass is 10.1. The Kier molecular flexibility index (Phi) is 2.97. The van der Waals surface area contributed by atoms with E-state index >= 15 is 0 Å². The predicted molar refractivity (Wildman–Crippen MR) is 45.2 cm³/mol. The Hall–Kier alpha value is -1.70. The fraction of sp³-hybridized carbons (Fsp3) is 0.333. The molecular weight excluding hydrogens is 190 g/mol. The van der Waals surface area contributed by atoms with Gasteiger partial charge in [0.2, 0.25) is 0 Å². The van der Waals surface area contributed by atoms with Gasteiger partial charge < -0.3 is 4.74 Å². The molecule has 1 aromatic heterocycles. The van der Waals surface area contributed by atoms with Gasteiger partial charge in [-0.25, -0.2) is 13.8 Å². The van der Waals surface area contributed by atoms with Crippen molar-refractivity contribution in [3.8, 4) is 11.8 Å². The highest BCUT2D eigenvalue weighted by molar-refractivity contribution is 5.46. The van der Waals surface area contributed by atoms with Gasteiger partial charge in [-0.15, -0.1) is 0 Å². The van der Waals surface area contributed by atoms with Gasteiger partial charge in [-0.1, -0.05) is 0 Å². The summed E-state index contributed by atoms with van der Waals surface area (Å²) in [5, 5.41) is 8.62. The molecule has 14 heavy (non-hydrogen) atoms. The number of hydrogen-bond donors (Lipinski definition) is 0. The molecule has 1 heterocycles. The largest absolute Gasteiger partial charge is 0.493 e. The highest BCUT2D eigenvalue weighted by Crippen LogP contribution is 2.29. The molecule has 0 N–H and O–H groups in total. The summed E-state index contributed by atoms with van der Waals surface area (Å²) < 4.78 is 29.6. The summed E-state index contributed by atoms with van der Waals surface area (Å²) in [7, 11) is 1.32. The fourth-order valence-corrected chi connectivity index (χ4v) is 1.15. The molecule has 0 amide bonds. The van der Waals surface area contributed by atoms with E-state index < -0.39 is 6.43 Å². The Bertz CT molecular complexity index is 385. The molecule has 5 heteroatoms. The molecule has 0 spiro atoms. The number of rotatable bonds is 2. The second kappa shape index (κ2) is 4.01. The number of halogens is 2. The first-order valence-corrected chi connectivity index (χ1v) is 3.83. The number of ether oxygens (including phenoxy) is 1. The molecule has 0 saturated heterocycles. The summed E-state index contributed by atoms with van der Waals surface area (Å²) in [5.41, 5.74) is 0.0734. The second-order valence-electron chi connectivity index (χ2n) is 2.63. The van der Waals surface area contributed by atoms with E-state index in [4.69, 9.17) is 10.00 Å². The Morgan fingerprint density at radius 2 is 2.21 bits per heavy atom. The first kappa shape index (κ1) is 10.4. The van der Waals surface area contributed by atoms with Gasteiger partial charge >= 0.3 is 0 Å². The topological polar surface area (TPSA) is 45.9 Å². The molecule has 0 saturated carbocycles. The average Bonchev–Trinajstić information content (AvgIpc) is 2.16. The number of hydrogen-bond acceptors (Lipinski definition) is 3. The molecular formula is C9H8F2N2O. The van der Waals surface area contributed by atoms with Crippen LogP contribution >= 0.6 is 0 Å². The Morgan fingerprint density at radius 3 is 2.64 bits per heavy atom. The summed E-state index contributed by atoms with van der Waals surface area (Å²) in [5.74, 6) is 0.116. The molecule has 1 aromatic rings. The molecule has 74 valence electrons. The van der Waals surface area contributed by atoms with E-state index in [1.54, 1.807) is 6.07 Å². The van der Waals surface area contributed by atoms with Crippen LogP contribution in [0.1, 0.15) is 23.2 Å². The van der Waals surface area contributed by atoms with E-state index in [1.807, 2.05) is 0 Å². The zero-order valence-electron chi connectivity index (χ0n) is 7.71. The van der Waals surface area contributed by atoms with Crippen LogP contribution in [0.25, 0.3) is 0 Å². The molecule has 0 unspecified atom stereocenters. The number of alkyl halides is 2. The zero-order chi connectivity index (χ0) is 10.7. The normalized spacial score (nSPS) is 10.0. The highest BCUT2D eigenvalue weighted by atomic mass is 19.3. The van der Waals surface area contributed by atoms with Crippen LogP contribution in [-0.4, -0.2) is 12.1 Å². The third-order valence-corrected chi connectivity index (χ3v) is 1.87. The van der Waals surface area contributed by atoms with Crippen molar-refractivity contribution in [1.29, 1.82) is 5.26 Å². The quantitative estimate of drug-likeness (QED) is 0.731. The lowest BCUT2D eigenvalue weighted by molar-refractivity contribution is 0.149. The minimum absolute atomic E-state index is 0.0226. The smallest absolute Gasteiger partial charge is 0.265 e. The van der Waals surface area contributed by atoms with Crippen LogP contribution in [0, 0.1) is 18.3 Å². The van der Waals surface area contributed by atoms with Gasteiger partial charge in [0.25, 0.3) is 6.43 Å². The van der Waals surface area contributed by atoms with Crippen LogP contribution in [0.2, 0.25) is 0 Å². The van der Waals surface area contributed by atoms with Crippen LogP contribution in [0.3, 0.4) is 0 Å². The first-order valence-electron chi connectivity index (χ1n) is 3.83. The van der Waals surface area contributed by atoms with Crippen molar-refractivity contribution in [2.75, 3.05) is 7.11 Å². The van der Waals surface area contributed by atoms with Crippen LogP contribution in [0.4, 0.5) is 8.78 Å². The van der Waals surface area contributed by atoms with E-state index in [9.17, 15) is 8.78 Å². The van der Waals surface area contributed by atoms with Gasteiger partial charge in [0, 0.05) is 17.3 Å². The molecule has 3 nitrogen and oxygen atoms in total. The Balaban J connectivity index is 3.37. The molecule has 1 rings (SSSR count). The molecule has 0 fully saturated rings. The first-order chi connectivity index (χ1) is 6.61. The van der Waals surface area contributed by atoms with Gasteiger partial charge in [0.15, 0.2) is 11.4 Å². The van der Waals surface area contributed by atoms with Crippen molar-refractivity contribution in [3.63, 3.8) is 0 Å². The molecule has 0 aliphatic carbocycles. The molecule has 0 radical (unpaired) electrons. The molecule has 0 bridgehead atoms. The minimum Gasteiger partial charge on any atom is -0.493 e. The Morgan fingerprint density at radius 1 is 1.57 bits per heavy atom. The summed E-state index contributed by atoms with van der Waals surface area (Å²) in [6.45, 7) is 1.48. The average molecular weight is 198 g/mol. The molecule has 0 atom stereocenters. The predicted octanol–water partition coefficient (Wildman–Crippen LogP) is 2.21. The summed E-state index contributed by atoms with van der Waals surface area (Å²) in [6, 6.07) is 1.77. The number of aromatic nitrogens is 1. The number of pyridine rings is 1. The van der Waals surface area contributed by atoms with Crippen molar-refractivity contribution in [1.82, 2.24) is 4.98 Å². The van der Waals surface area contributed by atoms with Crippen molar-refractivity contribution in [2.45, 2.75) is 13.3 Å². The SMILES string of the molecule is COc1c(C#N)ncc(C(F)F)c1C. The number of nitriles is 1. The summed E-state index contributed by atoms with van der Waals surface area (Å²) in [6.07, 6.45) is -1.61. The van der Waals surface area contributed by atoms with E-state index in [0.29, 0.717) is 0 Å². The number of nitrogens with zero attached hydrogens (tertiary/aromatic N) is 2. The maximum Gasteiger partial charge on any atom is 0.265 e. The monoisotopic (exact) mass is 198 g/mol. The van der Waals surface area contributed by atoms with Crippen molar-refractivity contribution in [2.24, 2.45) is 0 Å². The van der Waals surface area contributed by atoms with Crippen molar-refractivity contribution >= 4 is 0 Å². The third-order valence-electron chi connectivity index (χ3n) is 1.87. The number of methoxy groups -OCH3 is 1. The Labute approximate surface area is 79.9 Å². The van der Waals surface area contributed by atoms with Crippen LogP contribution < -0.4 is 4.74 Å². The second-order valence-corrected chi connectivity index (χ2v) is 2.63. The van der Waals surface area contributed by atoms with E-state index in [1.165, 1.54) is 14.0 Å². The minimum atomic E-state index is -2.61. The maximum atomic E-state index is 12.4. The lowest BCUT2D eigenvalue weighted by Gasteiger charge is -2.09. The van der Waals surface area contributed by atoms with Crippen LogP contribution in [-0.2, 0) is 0 Å². The molecule has 0 aromatic carbocycles. The molecule has 0 aliphatic rings. The summed E-state index contributed by atoms with van der Waals surface area (Å²) in [4.78, 5) is 3.58. The fourth-order valence-electron chi connectivity index (χ4n) is 1.15. The van der Waals surface area contributed by atoms with Gasteiger partial charge in [-0.05, 0) is 6.92 Å². The van der Waals surface area contributed by atoms with Crippen molar-refractivity contribution < 1.29 is 13.5 Å². The molecule has 0 aliphatic heterocycles. The highest BCUT2D eigenvalue weighted by Gasteiger charge is 2.17. The van der Waals surface area contributed by atoms with E-state index in [2.05, 4.69) is 4.98 Å².